The highest BCUT2D eigenvalue weighted by Crippen LogP contribution is 2.31. The molecular formula is C25H25FN2O2. The smallest absolute Gasteiger partial charge is 0.262 e. The van der Waals surface area contributed by atoms with E-state index in [9.17, 15) is 9.18 Å². The fourth-order valence-electron chi connectivity index (χ4n) is 3.78. The van der Waals surface area contributed by atoms with E-state index in [2.05, 4.69) is 22.3 Å². The number of carbonyl (C=O) groups excluding carboxylic acids is 1. The number of para-hydroxylation sites is 2. The lowest BCUT2D eigenvalue weighted by atomic mass is 10.0. The first kappa shape index (κ1) is 20.0. The average Bonchev–Trinajstić information content (AvgIpc) is 3.30. The van der Waals surface area contributed by atoms with E-state index in [1.54, 1.807) is 6.07 Å². The molecule has 0 spiro atoms. The number of ether oxygens (including phenoxy) is 1. The van der Waals surface area contributed by atoms with Crippen LogP contribution >= 0.6 is 0 Å². The number of rotatable bonds is 7. The number of benzene rings is 3. The van der Waals surface area contributed by atoms with Crippen molar-refractivity contribution in [1.29, 1.82) is 0 Å². The topological polar surface area (TPSA) is 41.6 Å². The number of nitrogens with zero attached hydrogens (tertiary/aromatic N) is 1. The molecule has 1 fully saturated rings. The van der Waals surface area contributed by atoms with Crippen molar-refractivity contribution in [3.63, 3.8) is 0 Å². The van der Waals surface area contributed by atoms with Gasteiger partial charge in [0.15, 0.2) is 6.61 Å². The van der Waals surface area contributed by atoms with E-state index >= 15 is 0 Å². The van der Waals surface area contributed by atoms with Crippen LogP contribution < -0.4 is 15.0 Å². The summed E-state index contributed by atoms with van der Waals surface area (Å²) in [5.74, 6) is -0.155. The molecule has 0 saturated carbocycles. The summed E-state index contributed by atoms with van der Waals surface area (Å²) in [5, 5.41) is 2.71. The van der Waals surface area contributed by atoms with Crippen LogP contribution in [0.1, 0.15) is 24.0 Å². The molecule has 1 amide bonds. The second kappa shape index (κ2) is 9.44. The largest absolute Gasteiger partial charge is 0.483 e. The van der Waals surface area contributed by atoms with Crippen LogP contribution in [0.15, 0.2) is 72.8 Å². The van der Waals surface area contributed by atoms with Gasteiger partial charge < -0.3 is 15.0 Å². The number of hydrogen-bond donors (Lipinski definition) is 1. The molecule has 5 heteroatoms. The molecule has 1 N–H and O–H groups in total. The quantitative estimate of drug-likeness (QED) is 0.600. The second-order valence-corrected chi connectivity index (χ2v) is 7.44. The van der Waals surface area contributed by atoms with Gasteiger partial charge in [0.05, 0.1) is 5.69 Å². The highest BCUT2D eigenvalue weighted by molar-refractivity contribution is 5.95. The van der Waals surface area contributed by atoms with E-state index in [0.717, 1.165) is 37.2 Å². The predicted molar refractivity (Wildman–Crippen MR) is 118 cm³/mol. The van der Waals surface area contributed by atoms with Crippen molar-refractivity contribution >= 4 is 17.3 Å². The summed E-state index contributed by atoms with van der Waals surface area (Å²) in [6, 6.07) is 22.7. The van der Waals surface area contributed by atoms with Gasteiger partial charge in [-0.15, -0.1) is 0 Å². The molecule has 1 saturated heterocycles. The first-order chi connectivity index (χ1) is 14.7. The molecule has 0 aromatic heterocycles. The maximum Gasteiger partial charge on any atom is 0.262 e. The zero-order valence-electron chi connectivity index (χ0n) is 16.8. The van der Waals surface area contributed by atoms with E-state index in [1.807, 2.05) is 48.5 Å². The van der Waals surface area contributed by atoms with Crippen LogP contribution in [-0.4, -0.2) is 25.6 Å². The minimum atomic E-state index is -0.433. The number of amides is 1. The molecule has 0 aliphatic carbocycles. The Morgan fingerprint density at radius 3 is 2.47 bits per heavy atom. The molecule has 0 bridgehead atoms. The molecule has 1 aliphatic heterocycles. The molecule has 4 rings (SSSR count). The fraction of sp³-hybridized carbons (Fsp3) is 0.240. The minimum Gasteiger partial charge on any atom is -0.483 e. The Morgan fingerprint density at radius 2 is 1.67 bits per heavy atom. The van der Waals surface area contributed by atoms with E-state index in [0.29, 0.717) is 12.2 Å². The summed E-state index contributed by atoms with van der Waals surface area (Å²) >= 11 is 0. The van der Waals surface area contributed by atoms with Crippen LogP contribution in [-0.2, 0) is 11.2 Å². The Kier molecular flexibility index (Phi) is 6.28. The third-order valence-electron chi connectivity index (χ3n) is 5.27. The molecule has 0 atom stereocenters. The molecule has 3 aromatic rings. The Bertz CT molecular complexity index is 1000. The summed E-state index contributed by atoms with van der Waals surface area (Å²) in [6.45, 7) is 1.56. The van der Waals surface area contributed by atoms with Gasteiger partial charge in [0.1, 0.15) is 17.3 Å². The third-order valence-corrected chi connectivity index (χ3v) is 5.27. The van der Waals surface area contributed by atoms with Crippen molar-refractivity contribution in [2.24, 2.45) is 0 Å². The zero-order valence-corrected chi connectivity index (χ0v) is 16.8. The van der Waals surface area contributed by atoms with Crippen molar-refractivity contribution in [1.82, 2.24) is 0 Å². The lowest BCUT2D eigenvalue weighted by molar-refractivity contribution is -0.118. The predicted octanol–water partition coefficient (Wildman–Crippen LogP) is 5.03. The number of hydrogen-bond acceptors (Lipinski definition) is 3. The average molecular weight is 404 g/mol. The van der Waals surface area contributed by atoms with Crippen molar-refractivity contribution in [3.8, 4) is 5.75 Å². The van der Waals surface area contributed by atoms with Gasteiger partial charge in [0.2, 0.25) is 0 Å². The SMILES string of the molecule is O=C(COc1ccccc1Cc1ccccc1)Nc1c(F)cccc1N1CCCC1. The van der Waals surface area contributed by atoms with Gasteiger partial charge in [-0.05, 0) is 42.2 Å². The second-order valence-electron chi connectivity index (χ2n) is 7.44. The van der Waals surface area contributed by atoms with Gasteiger partial charge in [0.25, 0.3) is 5.91 Å². The van der Waals surface area contributed by atoms with Gasteiger partial charge in [-0.25, -0.2) is 4.39 Å². The Morgan fingerprint density at radius 1 is 0.933 bits per heavy atom. The maximum absolute atomic E-state index is 14.5. The number of anilines is 2. The van der Waals surface area contributed by atoms with Crippen LogP contribution in [0.4, 0.5) is 15.8 Å². The molecule has 154 valence electrons. The van der Waals surface area contributed by atoms with Gasteiger partial charge >= 0.3 is 0 Å². The summed E-state index contributed by atoms with van der Waals surface area (Å²) in [7, 11) is 0. The summed E-state index contributed by atoms with van der Waals surface area (Å²) in [5.41, 5.74) is 3.12. The van der Waals surface area contributed by atoms with Crippen LogP contribution in [0.2, 0.25) is 0 Å². The standard InChI is InChI=1S/C25H25FN2O2/c26-21-12-8-13-22(28-15-6-7-16-28)25(21)27-24(29)18-30-23-14-5-4-11-20(23)17-19-9-2-1-3-10-19/h1-5,8-14H,6-7,15-18H2,(H,27,29). The fourth-order valence-corrected chi connectivity index (χ4v) is 3.78. The molecule has 1 heterocycles. The molecule has 0 radical (unpaired) electrons. The van der Waals surface area contributed by atoms with Crippen LogP contribution in [0.5, 0.6) is 5.75 Å². The van der Waals surface area contributed by atoms with Crippen molar-refractivity contribution in [3.05, 3.63) is 89.7 Å². The first-order valence-electron chi connectivity index (χ1n) is 10.3. The zero-order chi connectivity index (χ0) is 20.8. The van der Waals surface area contributed by atoms with Crippen molar-refractivity contribution in [2.45, 2.75) is 19.3 Å². The molecule has 4 nitrogen and oxygen atoms in total. The third kappa shape index (κ3) is 4.79. The van der Waals surface area contributed by atoms with Crippen LogP contribution in [0.25, 0.3) is 0 Å². The summed E-state index contributed by atoms with van der Waals surface area (Å²) in [4.78, 5) is 14.7. The lowest BCUT2D eigenvalue weighted by Crippen LogP contribution is -2.25. The monoisotopic (exact) mass is 404 g/mol. The number of nitrogens with one attached hydrogen (secondary N) is 1. The lowest BCUT2D eigenvalue weighted by Gasteiger charge is -2.22. The molecular weight excluding hydrogens is 379 g/mol. The number of carbonyl (C=O) groups is 1. The van der Waals surface area contributed by atoms with E-state index < -0.39 is 5.82 Å². The van der Waals surface area contributed by atoms with Crippen molar-refractivity contribution in [2.75, 3.05) is 29.9 Å². The molecule has 3 aromatic carbocycles. The van der Waals surface area contributed by atoms with Crippen molar-refractivity contribution < 1.29 is 13.9 Å². The molecule has 0 unspecified atom stereocenters. The highest BCUT2D eigenvalue weighted by Gasteiger charge is 2.20. The van der Waals surface area contributed by atoms with E-state index in [-0.39, 0.29) is 18.2 Å². The van der Waals surface area contributed by atoms with Gasteiger partial charge in [0, 0.05) is 19.5 Å². The number of halogens is 1. The first-order valence-corrected chi connectivity index (χ1v) is 10.3. The summed E-state index contributed by atoms with van der Waals surface area (Å²) < 4.78 is 20.3. The van der Waals surface area contributed by atoms with Crippen LogP contribution in [0.3, 0.4) is 0 Å². The van der Waals surface area contributed by atoms with E-state index in [4.69, 9.17) is 4.74 Å². The normalized spacial score (nSPS) is 13.3. The highest BCUT2D eigenvalue weighted by atomic mass is 19.1. The van der Waals surface area contributed by atoms with Crippen LogP contribution in [0, 0.1) is 5.82 Å². The molecule has 30 heavy (non-hydrogen) atoms. The summed E-state index contributed by atoms with van der Waals surface area (Å²) in [6.07, 6.45) is 2.86. The Labute approximate surface area is 176 Å². The minimum absolute atomic E-state index is 0.181. The van der Waals surface area contributed by atoms with Gasteiger partial charge in [-0.1, -0.05) is 54.6 Å². The molecule has 1 aliphatic rings. The Hall–Kier alpha value is -3.34. The van der Waals surface area contributed by atoms with E-state index in [1.165, 1.54) is 11.6 Å². The van der Waals surface area contributed by atoms with Gasteiger partial charge in [-0.3, -0.25) is 4.79 Å². The Balaban J connectivity index is 1.43. The van der Waals surface area contributed by atoms with Gasteiger partial charge in [-0.2, -0.15) is 0 Å². The maximum atomic E-state index is 14.5.